The highest BCUT2D eigenvalue weighted by atomic mass is 35.5. The van der Waals surface area contributed by atoms with Crippen molar-refractivity contribution >= 4 is 29.2 Å². The Labute approximate surface area is 137 Å². The quantitative estimate of drug-likeness (QED) is 0.873. The van der Waals surface area contributed by atoms with Gasteiger partial charge in [-0.2, -0.15) is 5.10 Å². The Morgan fingerprint density at radius 2 is 2.09 bits per heavy atom. The van der Waals surface area contributed by atoms with Gasteiger partial charge in [0.15, 0.2) is 6.61 Å². The van der Waals surface area contributed by atoms with Gasteiger partial charge in [-0.05, 0) is 32.0 Å². The fourth-order valence-corrected chi connectivity index (χ4v) is 2.37. The number of anilines is 1. The average Bonchev–Trinajstić information content (AvgIpc) is 2.71. The topological polar surface area (TPSA) is 93.5 Å². The van der Waals surface area contributed by atoms with E-state index in [1.807, 2.05) is 6.92 Å². The number of hydrogen-bond donors (Lipinski definition) is 2. The lowest BCUT2D eigenvalue weighted by Crippen LogP contribution is -2.14. The Morgan fingerprint density at radius 3 is 2.61 bits per heavy atom. The van der Waals surface area contributed by atoms with Gasteiger partial charge < -0.3 is 15.2 Å². The van der Waals surface area contributed by atoms with Crippen molar-refractivity contribution < 1.29 is 19.4 Å². The monoisotopic (exact) mass is 337 g/mol. The van der Waals surface area contributed by atoms with Crippen molar-refractivity contribution in [3.8, 4) is 5.75 Å². The van der Waals surface area contributed by atoms with Crippen LogP contribution in [-0.2, 0) is 11.8 Å². The molecular formula is C15H16ClN3O4. The molecule has 0 aliphatic carbocycles. The minimum Gasteiger partial charge on any atom is -0.480 e. The third-order valence-corrected chi connectivity index (χ3v) is 3.57. The highest BCUT2D eigenvalue weighted by molar-refractivity contribution is 6.32. The number of rotatable bonds is 5. The fourth-order valence-electron chi connectivity index (χ4n) is 2.13. The molecule has 1 amide bonds. The van der Waals surface area contributed by atoms with Crippen LogP contribution in [0.3, 0.4) is 0 Å². The molecule has 0 saturated carbocycles. The van der Waals surface area contributed by atoms with Gasteiger partial charge in [-0.15, -0.1) is 0 Å². The van der Waals surface area contributed by atoms with E-state index in [0.717, 1.165) is 5.69 Å². The molecule has 2 aromatic rings. The molecule has 2 rings (SSSR count). The maximum Gasteiger partial charge on any atom is 0.341 e. The number of hydrogen-bond acceptors (Lipinski definition) is 4. The number of benzene rings is 1. The van der Waals surface area contributed by atoms with Gasteiger partial charge in [-0.3, -0.25) is 9.48 Å². The van der Waals surface area contributed by atoms with Crippen LogP contribution in [0, 0.1) is 13.8 Å². The Balaban J connectivity index is 2.15. The molecule has 122 valence electrons. The highest BCUT2D eigenvalue weighted by Crippen LogP contribution is 2.28. The largest absolute Gasteiger partial charge is 0.480 e. The Kier molecular flexibility index (Phi) is 4.90. The van der Waals surface area contributed by atoms with E-state index in [1.165, 1.54) is 12.1 Å². The number of carboxylic acids is 1. The lowest BCUT2D eigenvalue weighted by Gasteiger charge is -2.09. The van der Waals surface area contributed by atoms with Crippen LogP contribution >= 0.6 is 11.6 Å². The van der Waals surface area contributed by atoms with Crippen molar-refractivity contribution in [1.82, 2.24) is 9.78 Å². The summed E-state index contributed by atoms with van der Waals surface area (Å²) in [6.07, 6.45) is 0. The fraction of sp³-hybridized carbons (Fsp3) is 0.267. The zero-order chi connectivity index (χ0) is 17.1. The highest BCUT2D eigenvalue weighted by Gasteiger charge is 2.17. The van der Waals surface area contributed by atoms with Crippen molar-refractivity contribution in [2.75, 3.05) is 11.9 Å². The molecule has 1 aromatic carbocycles. The van der Waals surface area contributed by atoms with E-state index in [9.17, 15) is 9.59 Å². The molecule has 0 fully saturated rings. The second kappa shape index (κ2) is 6.70. The number of amides is 1. The van der Waals surface area contributed by atoms with Crippen LogP contribution in [0.2, 0.25) is 5.02 Å². The molecular weight excluding hydrogens is 322 g/mol. The van der Waals surface area contributed by atoms with Gasteiger partial charge in [-0.1, -0.05) is 11.6 Å². The van der Waals surface area contributed by atoms with Crippen molar-refractivity contribution in [1.29, 1.82) is 0 Å². The number of nitrogens with one attached hydrogen (secondary N) is 1. The predicted octanol–water partition coefficient (Wildman–Crippen LogP) is 2.41. The third kappa shape index (κ3) is 3.81. The molecule has 0 aliphatic rings. The average molecular weight is 338 g/mol. The van der Waals surface area contributed by atoms with Crippen LogP contribution < -0.4 is 10.1 Å². The molecule has 0 unspecified atom stereocenters. The molecule has 7 nitrogen and oxygen atoms in total. The van der Waals surface area contributed by atoms with E-state index < -0.39 is 12.6 Å². The second-order valence-electron chi connectivity index (χ2n) is 4.95. The van der Waals surface area contributed by atoms with E-state index in [1.54, 1.807) is 24.7 Å². The van der Waals surface area contributed by atoms with E-state index in [2.05, 4.69) is 10.4 Å². The van der Waals surface area contributed by atoms with E-state index in [4.69, 9.17) is 21.4 Å². The summed E-state index contributed by atoms with van der Waals surface area (Å²) in [5.41, 5.74) is 2.38. The zero-order valence-electron chi connectivity index (χ0n) is 12.9. The molecule has 0 bridgehead atoms. The first-order valence-corrected chi connectivity index (χ1v) is 7.13. The minimum atomic E-state index is -1.10. The minimum absolute atomic E-state index is 0.212. The number of halogens is 1. The van der Waals surface area contributed by atoms with Gasteiger partial charge in [0.25, 0.3) is 5.91 Å². The van der Waals surface area contributed by atoms with Crippen molar-refractivity contribution in [2.24, 2.45) is 7.05 Å². The number of carbonyl (C=O) groups excluding carboxylic acids is 1. The van der Waals surface area contributed by atoms with Gasteiger partial charge in [0.2, 0.25) is 0 Å². The number of carbonyl (C=O) groups is 2. The first kappa shape index (κ1) is 16.8. The van der Waals surface area contributed by atoms with Crippen LogP contribution in [-0.4, -0.2) is 33.4 Å². The number of aromatic nitrogens is 2. The second-order valence-corrected chi connectivity index (χ2v) is 5.36. The predicted molar refractivity (Wildman–Crippen MR) is 85.2 cm³/mol. The summed E-state index contributed by atoms with van der Waals surface area (Å²) in [6.45, 7) is 3.09. The molecule has 1 heterocycles. The summed E-state index contributed by atoms with van der Waals surface area (Å²) in [7, 11) is 1.77. The smallest absolute Gasteiger partial charge is 0.341 e. The number of carboxylic acid groups (broad SMARTS) is 1. The van der Waals surface area contributed by atoms with Crippen LogP contribution in [0.25, 0.3) is 0 Å². The van der Waals surface area contributed by atoms with Gasteiger partial charge in [0.05, 0.1) is 16.3 Å². The first-order chi connectivity index (χ1) is 10.8. The Morgan fingerprint density at radius 1 is 1.39 bits per heavy atom. The summed E-state index contributed by atoms with van der Waals surface area (Å²) >= 11 is 6.02. The normalized spacial score (nSPS) is 10.4. The summed E-state index contributed by atoms with van der Waals surface area (Å²) < 4.78 is 6.67. The molecule has 2 N–H and O–H groups in total. The van der Waals surface area contributed by atoms with Crippen LogP contribution in [0.1, 0.15) is 21.7 Å². The van der Waals surface area contributed by atoms with Crippen molar-refractivity contribution in [3.63, 3.8) is 0 Å². The first-order valence-electron chi connectivity index (χ1n) is 6.75. The number of aliphatic carboxylic acids is 1. The van der Waals surface area contributed by atoms with E-state index in [-0.39, 0.29) is 16.7 Å². The molecule has 1 aromatic heterocycles. The maximum atomic E-state index is 12.4. The van der Waals surface area contributed by atoms with Gasteiger partial charge in [-0.25, -0.2) is 4.79 Å². The molecule has 23 heavy (non-hydrogen) atoms. The summed E-state index contributed by atoms with van der Waals surface area (Å²) in [5.74, 6) is -1.15. The number of ether oxygens (including phenoxy) is 1. The van der Waals surface area contributed by atoms with Crippen LogP contribution in [0.4, 0.5) is 5.69 Å². The molecule has 0 radical (unpaired) electrons. The lowest BCUT2D eigenvalue weighted by molar-refractivity contribution is -0.139. The molecule has 0 atom stereocenters. The maximum absolute atomic E-state index is 12.4. The van der Waals surface area contributed by atoms with Crippen molar-refractivity contribution in [3.05, 3.63) is 40.2 Å². The molecule has 8 heteroatoms. The summed E-state index contributed by atoms with van der Waals surface area (Å²) in [6, 6.07) is 4.59. The zero-order valence-corrected chi connectivity index (χ0v) is 13.6. The SMILES string of the molecule is Cc1nn(C)c(C)c1C(=O)Nc1ccc(OCC(=O)O)c(Cl)c1. The van der Waals surface area contributed by atoms with Crippen LogP contribution in [0.15, 0.2) is 18.2 Å². The number of nitrogens with zero attached hydrogens (tertiary/aromatic N) is 2. The molecule has 0 saturated heterocycles. The molecule has 0 spiro atoms. The summed E-state index contributed by atoms with van der Waals surface area (Å²) in [4.78, 5) is 22.8. The number of aryl methyl sites for hydroxylation is 2. The third-order valence-electron chi connectivity index (χ3n) is 3.28. The van der Waals surface area contributed by atoms with Crippen molar-refractivity contribution in [2.45, 2.75) is 13.8 Å². The van der Waals surface area contributed by atoms with E-state index in [0.29, 0.717) is 16.9 Å². The Hall–Kier alpha value is -2.54. The van der Waals surface area contributed by atoms with Gasteiger partial charge >= 0.3 is 5.97 Å². The van der Waals surface area contributed by atoms with Gasteiger partial charge in [0, 0.05) is 18.4 Å². The molecule has 0 aliphatic heterocycles. The van der Waals surface area contributed by atoms with Crippen LogP contribution in [0.5, 0.6) is 5.75 Å². The lowest BCUT2D eigenvalue weighted by atomic mass is 10.2. The van der Waals surface area contributed by atoms with Gasteiger partial charge in [0.1, 0.15) is 5.75 Å². The summed E-state index contributed by atoms with van der Waals surface area (Å²) in [5, 5.41) is 15.7. The standard InChI is InChI=1S/C15H16ClN3O4/c1-8-14(9(2)19(3)18-8)15(22)17-10-4-5-12(11(16)6-10)23-7-13(20)21/h4-6H,7H2,1-3H3,(H,17,22)(H,20,21). The van der Waals surface area contributed by atoms with E-state index >= 15 is 0 Å². The Bertz CT molecular complexity index is 770.